The lowest BCUT2D eigenvalue weighted by Gasteiger charge is -2.46. The van der Waals surface area contributed by atoms with Crippen molar-refractivity contribution < 1.29 is 19.7 Å². The Morgan fingerprint density at radius 2 is 1.88 bits per heavy atom. The van der Waals surface area contributed by atoms with Crippen LogP contribution in [0.1, 0.15) is 80.1 Å². The number of aliphatic hydroxyl groups excluding tert-OH is 2. The van der Waals surface area contributed by atoms with Crippen molar-refractivity contribution in [2.45, 2.75) is 97.9 Å². The first-order valence-electron chi connectivity index (χ1n) is 12.9. The van der Waals surface area contributed by atoms with Crippen molar-refractivity contribution in [1.82, 2.24) is 0 Å². The number of aliphatic hydroxyl groups is 2. The third-order valence-corrected chi connectivity index (χ3v) is 10.1. The van der Waals surface area contributed by atoms with E-state index in [2.05, 4.69) is 59.8 Å². The van der Waals surface area contributed by atoms with Gasteiger partial charge in [0.05, 0.1) is 11.5 Å². The zero-order valence-corrected chi connectivity index (χ0v) is 20.9. The summed E-state index contributed by atoms with van der Waals surface area (Å²) in [5, 5.41) is 20.3. The number of carbonyl (C=O) groups excluding carboxylic acids is 1. The summed E-state index contributed by atoms with van der Waals surface area (Å²) in [4.78, 5) is 14.0. The molecule has 4 aliphatic rings. The number of epoxide rings is 1. The standard InChI is InChI=1S/C28H44O4/c1-17(2)18(3)7-8-19(4)22-9-10-23(26(22,5)13-14-29)21-15-24-28(32-24)16-20(30)11-12-27(28,6)25(21)31/h7-8,15,17-20,22-24,29-30H,9-14,16H2,1-6H3/b8-7+/t18?,19-,20+,22-,23+,24+,26-,27-,28+/m1/s1. The SMILES string of the molecule is CC(C)C(C)/C=C/[C@@H](C)[C@H]1CC[C@@H](C2=C[C@@H]3O[C@@]34C[C@@H](O)CC[C@]4(C)C2=O)[C@]1(C)CCO. The second kappa shape index (κ2) is 8.36. The molecule has 4 nitrogen and oxygen atoms in total. The highest BCUT2D eigenvalue weighted by atomic mass is 16.6. The van der Waals surface area contributed by atoms with E-state index in [-0.39, 0.29) is 35.9 Å². The number of rotatable bonds is 7. The molecule has 9 atom stereocenters. The maximum Gasteiger partial charge on any atom is 0.167 e. The van der Waals surface area contributed by atoms with E-state index >= 15 is 0 Å². The van der Waals surface area contributed by atoms with Crippen LogP contribution in [-0.4, -0.2) is 40.4 Å². The molecule has 1 heterocycles. The quantitative estimate of drug-likeness (QED) is 0.424. The van der Waals surface area contributed by atoms with E-state index in [1.54, 1.807) is 0 Å². The maximum absolute atomic E-state index is 14.0. The average molecular weight is 445 g/mol. The van der Waals surface area contributed by atoms with Crippen molar-refractivity contribution in [1.29, 1.82) is 0 Å². The fourth-order valence-electron chi connectivity index (χ4n) is 7.40. The van der Waals surface area contributed by atoms with E-state index in [1.165, 1.54) is 0 Å². The van der Waals surface area contributed by atoms with Crippen LogP contribution in [0.25, 0.3) is 0 Å². The van der Waals surface area contributed by atoms with Gasteiger partial charge in [0.1, 0.15) is 11.7 Å². The molecule has 0 bridgehead atoms. The van der Waals surface area contributed by atoms with Crippen molar-refractivity contribution in [2.75, 3.05) is 6.61 Å². The lowest BCUT2D eigenvalue weighted by Crippen LogP contribution is -2.53. The van der Waals surface area contributed by atoms with E-state index < -0.39 is 11.0 Å². The van der Waals surface area contributed by atoms with E-state index in [4.69, 9.17) is 4.74 Å². The van der Waals surface area contributed by atoms with Gasteiger partial charge < -0.3 is 14.9 Å². The first-order valence-corrected chi connectivity index (χ1v) is 12.9. The summed E-state index contributed by atoms with van der Waals surface area (Å²) in [5.74, 6) is 2.42. The lowest BCUT2D eigenvalue weighted by molar-refractivity contribution is -0.134. The molecule has 4 rings (SSSR count). The number of Topliss-reactive ketones (excluding diaryl/α,β-unsaturated/α-hetero) is 1. The monoisotopic (exact) mass is 444 g/mol. The Morgan fingerprint density at radius 1 is 1.16 bits per heavy atom. The fraction of sp³-hybridized carbons (Fsp3) is 0.821. The Labute approximate surface area is 194 Å². The van der Waals surface area contributed by atoms with Crippen molar-refractivity contribution in [3.05, 3.63) is 23.8 Å². The van der Waals surface area contributed by atoms with Crippen LogP contribution in [0.5, 0.6) is 0 Å². The molecule has 180 valence electrons. The molecule has 1 aliphatic heterocycles. The van der Waals surface area contributed by atoms with E-state index in [9.17, 15) is 15.0 Å². The van der Waals surface area contributed by atoms with Crippen LogP contribution in [0, 0.1) is 40.4 Å². The number of allylic oxidation sites excluding steroid dienone is 3. The summed E-state index contributed by atoms with van der Waals surface area (Å²) >= 11 is 0. The summed E-state index contributed by atoms with van der Waals surface area (Å²) in [6.45, 7) is 13.6. The van der Waals surface area contributed by atoms with Crippen molar-refractivity contribution in [3.63, 3.8) is 0 Å². The minimum atomic E-state index is -0.530. The third kappa shape index (κ3) is 3.56. The predicted octanol–water partition coefficient (Wildman–Crippen LogP) is 5.08. The lowest BCUT2D eigenvalue weighted by atomic mass is 9.55. The highest BCUT2D eigenvalue weighted by molar-refractivity contribution is 6.03. The fourth-order valence-corrected chi connectivity index (χ4v) is 7.40. The summed E-state index contributed by atoms with van der Waals surface area (Å²) in [6.07, 6.45) is 11.2. The number of hydrogen-bond donors (Lipinski definition) is 2. The Bertz CT molecular complexity index is 799. The molecular formula is C28H44O4. The van der Waals surface area contributed by atoms with Gasteiger partial charge in [-0.25, -0.2) is 0 Å². The largest absolute Gasteiger partial charge is 0.396 e. The molecule has 1 saturated heterocycles. The molecule has 32 heavy (non-hydrogen) atoms. The predicted molar refractivity (Wildman–Crippen MR) is 127 cm³/mol. The van der Waals surface area contributed by atoms with Gasteiger partial charge in [-0.3, -0.25) is 4.79 Å². The number of ketones is 1. The normalized spacial score (nSPS) is 45.5. The first kappa shape index (κ1) is 24.2. The second-order valence-electron chi connectivity index (χ2n) is 12.2. The zero-order valence-electron chi connectivity index (χ0n) is 20.9. The van der Waals surface area contributed by atoms with Gasteiger partial charge in [0.25, 0.3) is 0 Å². The van der Waals surface area contributed by atoms with Crippen molar-refractivity contribution in [3.8, 4) is 0 Å². The van der Waals surface area contributed by atoms with E-state index in [1.807, 2.05) is 0 Å². The highest BCUT2D eigenvalue weighted by Crippen LogP contribution is 2.65. The molecule has 0 aromatic carbocycles. The summed E-state index contributed by atoms with van der Waals surface area (Å²) in [7, 11) is 0. The van der Waals surface area contributed by atoms with Crippen LogP contribution in [0.2, 0.25) is 0 Å². The van der Waals surface area contributed by atoms with Gasteiger partial charge >= 0.3 is 0 Å². The van der Waals surface area contributed by atoms with Crippen LogP contribution < -0.4 is 0 Å². The van der Waals surface area contributed by atoms with Gasteiger partial charge in [-0.05, 0) is 85.7 Å². The highest BCUT2D eigenvalue weighted by Gasteiger charge is 2.73. The van der Waals surface area contributed by atoms with Crippen molar-refractivity contribution >= 4 is 5.78 Å². The number of hydrogen-bond acceptors (Lipinski definition) is 4. The van der Waals surface area contributed by atoms with Gasteiger partial charge in [0.2, 0.25) is 0 Å². The molecule has 3 aliphatic carbocycles. The molecule has 0 aromatic heterocycles. The number of ether oxygens (including phenoxy) is 1. The van der Waals surface area contributed by atoms with E-state index in [0.717, 1.165) is 24.8 Å². The smallest absolute Gasteiger partial charge is 0.167 e. The molecule has 0 radical (unpaired) electrons. The Balaban J connectivity index is 1.61. The second-order valence-corrected chi connectivity index (χ2v) is 12.2. The summed E-state index contributed by atoms with van der Waals surface area (Å²) in [6, 6.07) is 0. The van der Waals surface area contributed by atoms with Gasteiger partial charge in [0.15, 0.2) is 5.78 Å². The summed E-state index contributed by atoms with van der Waals surface area (Å²) < 4.78 is 6.17. The van der Waals surface area contributed by atoms with Crippen molar-refractivity contribution in [2.24, 2.45) is 40.4 Å². The Morgan fingerprint density at radius 3 is 2.53 bits per heavy atom. The average Bonchev–Trinajstić information content (AvgIpc) is 3.33. The molecule has 2 N–H and O–H groups in total. The van der Waals surface area contributed by atoms with Crippen LogP contribution >= 0.6 is 0 Å². The zero-order chi connectivity index (χ0) is 23.5. The first-order chi connectivity index (χ1) is 15.0. The molecule has 0 amide bonds. The van der Waals surface area contributed by atoms with Gasteiger partial charge in [0, 0.05) is 13.0 Å². The van der Waals surface area contributed by atoms with Gasteiger partial charge in [-0.1, -0.05) is 46.8 Å². The number of carbonyl (C=O) groups is 1. The Kier molecular flexibility index (Phi) is 6.31. The molecule has 0 aromatic rings. The molecule has 2 saturated carbocycles. The molecule has 1 spiro atoms. The summed E-state index contributed by atoms with van der Waals surface area (Å²) in [5.41, 5.74) is -0.176. The minimum Gasteiger partial charge on any atom is -0.396 e. The van der Waals surface area contributed by atoms with E-state index in [0.29, 0.717) is 42.9 Å². The Hall–Kier alpha value is -0.970. The van der Waals surface area contributed by atoms with Crippen LogP contribution in [-0.2, 0) is 9.53 Å². The molecule has 1 unspecified atom stereocenters. The minimum absolute atomic E-state index is 0.0446. The molecule has 3 fully saturated rings. The van der Waals surface area contributed by atoms with Gasteiger partial charge in [-0.2, -0.15) is 0 Å². The van der Waals surface area contributed by atoms with Crippen LogP contribution in [0.15, 0.2) is 23.8 Å². The van der Waals surface area contributed by atoms with Crippen LogP contribution in [0.4, 0.5) is 0 Å². The molecule has 4 heteroatoms. The molecular weight excluding hydrogens is 400 g/mol. The van der Waals surface area contributed by atoms with Gasteiger partial charge in [-0.15, -0.1) is 0 Å². The third-order valence-electron chi connectivity index (χ3n) is 10.1. The van der Waals surface area contributed by atoms with Crippen LogP contribution in [0.3, 0.4) is 0 Å². The topological polar surface area (TPSA) is 70.1 Å². The maximum atomic E-state index is 14.0.